The number of H-pyrrole nitrogens is 1. The Kier molecular flexibility index (Phi) is 12.5. The first-order chi connectivity index (χ1) is 11.6. The van der Waals surface area contributed by atoms with Gasteiger partial charge < -0.3 is 11.1 Å². The Labute approximate surface area is 146 Å². The molecule has 24 heavy (non-hydrogen) atoms. The number of amides is 2. The summed E-state index contributed by atoms with van der Waals surface area (Å²) in [6, 6.07) is 0. The normalized spacial score (nSPS) is 13.8. The van der Waals surface area contributed by atoms with Crippen LogP contribution in [0.4, 0.5) is 0 Å². The van der Waals surface area contributed by atoms with Crippen molar-refractivity contribution in [1.29, 1.82) is 0 Å². The van der Waals surface area contributed by atoms with E-state index in [4.69, 9.17) is 5.73 Å². The summed E-state index contributed by atoms with van der Waals surface area (Å²) in [5.41, 5.74) is 6.56. The van der Waals surface area contributed by atoms with Gasteiger partial charge in [0.25, 0.3) is 5.91 Å². The van der Waals surface area contributed by atoms with Crippen LogP contribution in [-0.4, -0.2) is 28.6 Å². The Bertz CT molecular complexity index is 465. The van der Waals surface area contributed by atoms with E-state index in [2.05, 4.69) is 29.4 Å². The molecule has 0 radical (unpaired) electrons. The number of nitrogens with zero attached hydrogens (tertiary/aromatic N) is 1. The van der Waals surface area contributed by atoms with Crippen molar-refractivity contribution in [3.05, 3.63) is 17.5 Å². The van der Waals surface area contributed by atoms with Crippen LogP contribution in [0.3, 0.4) is 0 Å². The lowest BCUT2D eigenvalue weighted by atomic mass is 9.85. The van der Waals surface area contributed by atoms with Crippen LogP contribution < -0.4 is 11.1 Å². The first-order valence-corrected chi connectivity index (χ1v) is 9.19. The summed E-state index contributed by atoms with van der Waals surface area (Å²) in [5, 5.41) is 9.63. The van der Waals surface area contributed by atoms with E-state index in [1.165, 1.54) is 25.7 Å². The van der Waals surface area contributed by atoms with E-state index in [1.54, 1.807) is 6.20 Å². The zero-order valence-electron chi connectivity index (χ0n) is 15.7. The van der Waals surface area contributed by atoms with Crippen molar-refractivity contribution in [3.8, 4) is 0 Å². The first-order valence-electron chi connectivity index (χ1n) is 9.19. The lowest BCUT2D eigenvalue weighted by Gasteiger charge is -2.21. The van der Waals surface area contributed by atoms with Gasteiger partial charge in [-0.25, -0.2) is 0 Å². The summed E-state index contributed by atoms with van der Waals surface area (Å²) in [7, 11) is 0. The minimum absolute atomic E-state index is 0.155. The van der Waals surface area contributed by atoms with Crippen LogP contribution in [-0.2, 0) is 4.79 Å². The third-order valence-electron chi connectivity index (χ3n) is 3.58. The van der Waals surface area contributed by atoms with Crippen LogP contribution in [0, 0.1) is 0 Å². The second-order valence-corrected chi connectivity index (χ2v) is 5.71. The van der Waals surface area contributed by atoms with E-state index in [0.29, 0.717) is 11.5 Å². The summed E-state index contributed by atoms with van der Waals surface area (Å²) in [6.07, 6.45) is 8.84. The lowest BCUT2D eigenvalue weighted by molar-refractivity contribution is -0.117. The molecule has 6 nitrogen and oxygen atoms in total. The third-order valence-corrected chi connectivity index (χ3v) is 3.58. The monoisotopic (exact) mass is 338 g/mol. The highest BCUT2D eigenvalue weighted by Crippen LogP contribution is 2.32. The Hall–Kier alpha value is -1.85. The Morgan fingerprint density at radius 3 is 2.38 bits per heavy atom. The van der Waals surface area contributed by atoms with Crippen molar-refractivity contribution < 1.29 is 9.59 Å². The molecule has 1 aliphatic rings. The van der Waals surface area contributed by atoms with Crippen LogP contribution in [0.1, 0.15) is 94.6 Å². The number of aromatic nitrogens is 2. The Morgan fingerprint density at radius 2 is 1.83 bits per heavy atom. The molecule has 4 N–H and O–H groups in total. The van der Waals surface area contributed by atoms with Gasteiger partial charge in [-0.3, -0.25) is 14.7 Å². The zero-order chi connectivity index (χ0) is 18.4. The minimum Gasteiger partial charge on any atom is -0.370 e. The molecule has 0 saturated heterocycles. The minimum atomic E-state index is -0.417. The van der Waals surface area contributed by atoms with Gasteiger partial charge in [0, 0.05) is 18.9 Å². The van der Waals surface area contributed by atoms with Crippen molar-refractivity contribution in [2.24, 2.45) is 5.73 Å². The van der Waals surface area contributed by atoms with Crippen molar-refractivity contribution in [2.75, 3.05) is 6.54 Å². The molecule has 0 aliphatic heterocycles. The topological polar surface area (TPSA) is 101 Å². The maximum atomic E-state index is 12.0. The van der Waals surface area contributed by atoms with Gasteiger partial charge in [0.15, 0.2) is 0 Å². The van der Waals surface area contributed by atoms with Crippen LogP contribution in [0.2, 0.25) is 0 Å². The molecule has 1 aliphatic carbocycles. The van der Waals surface area contributed by atoms with Crippen LogP contribution in [0.25, 0.3) is 0 Å². The number of carbonyl (C=O) groups excluding carboxylic acids is 2. The quantitative estimate of drug-likeness (QED) is 0.765. The van der Waals surface area contributed by atoms with Crippen LogP contribution in [0.15, 0.2) is 6.20 Å². The summed E-state index contributed by atoms with van der Waals surface area (Å²) in [6.45, 7) is 8.52. The van der Waals surface area contributed by atoms with E-state index in [0.717, 1.165) is 18.5 Å². The van der Waals surface area contributed by atoms with E-state index in [-0.39, 0.29) is 18.9 Å². The van der Waals surface area contributed by atoms with Crippen molar-refractivity contribution in [3.63, 3.8) is 0 Å². The molecule has 0 aromatic carbocycles. The standard InChI is InChI=1S/C13H20N4O2.C3H8.C2H6/c14-11(18)6-7-15-13(19)10-8-16-17-12(10)9-4-2-1-3-5-9;1-3-2;1-2/h8-9H,1-7H2,(H2,14,18)(H,15,19)(H,16,17);3H2,1-2H3;1-2H3. The van der Waals surface area contributed by atoms with Gasteiger partial charge in [-0.2, -0.15) is 5.10 Å². The molecule has 138 valence electrons. The average Bonchev–Trinajstić information content (AvgIpc) is 3.07. The van der Waals surface area contributed by atoms with Gasteiger partial charge >= 0.3 is 0 Å². The zero-order valence-corrected chi connectivity index (χ0v) is 15.7. The SMILES string of the molecule is CC.CCC.NC(=O)CCNC(=O)c1cn[nH]c1C1CCCCC1. The maximum absolute atomic E-state index is 12.0. The largest absolute Gasteiger partial charge is 0.370 e. The molecule has 1 fully saturated rings. The molecule has 1 heterocycles. The number of nitrogens with one attached hydrogen (secondary N) is 2. The number of aromatic amines is 1. The number of carbonyl (C=O) groups is 2. The predicted octanol–water partition coefficient (Wildman–Crippen LogP) is 3.51. The summed E-state index contributed by atoms with van der Waals surface area (Å²) >= 11 is 0. The van der Waals surface area contributed by atoms with E-state index < -0.39 is 5.91 Å². The highest BCUT2D eigenvalue weighted by Gasteiger charge is 2.23. The van der Waals surface area contributed by atoms with Crippen molar-refractivity contribution in [2.45, 2.75) is 78.6 Å². The second kappa shape index (κ2) is 13.6. The van der Waals surface area contributed by atoms with Crippen molar-refractivity contribution in [1.82, 2.24) is 15.5 Å². The average molecular weight is 338 g/mol. The van der Waals surface area contributed by atoms with Gasteiger partial charge in [0.2, 0.25) is 5.91 Å². The molecule has 0 bridgehead atoms. The third kappa shape index (κ3) is 8.13. The van der Waals surface area contributed by atoms with Crippen LogP contribution in [0.5, 0.6) is 0 Å². The van der Waals surface area contributed by atoms with Gasteiger partial charge in [0.05, 0.1) is 17.5 Å². The fourth-order valence-corrected chi connectivity index (χ4v) is 2.57. The number of hydrogen-bond acceptors (Lipinski definition) is 3. The molecule has 1 aromatic rings. The predicted molar refractivity (Wildman–Crippen MR) is 97.9 cm³/mol. The first kappa shape index (κ1) is 22.1. The summed E-state index contributed by atoms with van der Waals surface area (Å²) in [5.74, 6) is -0.205. The molecule has 0 spiro atoms. The molecule has 2 rings (SSSR count). The Balaban J connectivity index is 0.000000952. The van der Waals surface area contributed by atoms with Gasteiger partial charge in [-0.05, 0) is 12.8 Å². The Morgan fingerprint density at radius 1 is 1.25 bits per heavy atom. The number of hydrogen-bond donors (Lipinski definition) is 3. The summed E-state index contributed by atoms with van der Waals surface area (Å²) < 4.78 is 0. The van der Waals surface area contributed by atoms with E-state index in [9.17, 15) is 9.59 Å². The molecular weight excluding hydrogens is 304 g/mol. The smallest absolute Gasteiger partial charge is 0.254 e. The molecule has 0 atom stereocenters. The van der Waals surface area contributed by atoms with Crippen LogP contribution >= 0.6 is 0 Å². The number of primary amides is 1. The second-order valence-electron chi connectivity index (χ2n) is 5.71. The highest BCUT2D eigenvalue weighted by molar-refractivity contribution is 5.95. The molecule has 6 heteroatoms. The summed E-state index contributed by atoms with van der Waals surface area (Å²) in [4.78, 5) is 22.7. The number of rotatable bonds is 5. The lowest BCUT2D eigenvalue weighted by Crippen LogP contribution is -2.28. The highest BCUT2D eigenvalue weighted by atomic mass is 16.2. The molecular formula is C18H34N4O2. The fraction of sp³-hybridized carbons (Fsp3) is 0.722. The molecule has 1 saturated carbocycles. The number of nitrogens with two attached hydrogens (primary N) is 1. The van der Waals surface area contributed by atoms with E-state index in [1.807, 2.05) is 13.8 Å². The van der Waals surface area contributed by atoms with Gasteiger partial charge in [0.1, 0.15) is 0 Å². The van der Waals surface area contributed by atoms with Crippen molar-refractivity contribution >= 4 is 11.8 Å². The molecule has 2 amide bonds. The fourth-order valence-electron chi connectivity index (χ4n) is 2.57. The van der Waals surface area contributed by atoms with E-state index >= 15 is 0 Å². The molecule has 1 aromatic heterocycles. The van der Waals surface area contributed by atoms with Gasteiger partial charge in [-0.1, -0.05) is 53.4 Å². The maximum Gasteiger partial charge on any atom is 0.254 e. The molecule has 0 unspecified atom stereocenters. The van der Waals surface area contributed by atoms with Gasteiger partial charge in [-0.15, -0.1) is 0 Å².